The fourth-order valence-corrected chi connectivity index (χ4v) is 2.54. The normalized spacial score (nSPS) is 12.9. The number of hydrogen-bond acceptors (Lipinski definition) is 2. The van der Waals surface area contributed by atoms with Crippen molar-refractivity contribution in [2.24, 2.45) is 5.73 Å². The zero-order valence-electron chi connectivity index (χ0n) is 13.2. The summed E-state index contributed by atoms with van der Waals surface area (Å²) in [6, 6.07) is 5.31. The first-order valence-electron chi connectivity index (χ1n) is 7.84. The van der Waals surface area contributed by atoms with Crippen molar-refractivity contribution in [2.45, 2.75) is 52.5 Å². The molecule has 1 rings (SSSR count). The van der Waals surface area contributed by atoms with Crippen LogP contribution >= 0.6 is 0 Å². The molecular formula is C17H29FN2. The van der Waals surface area contributed by atoms with Crippen molar-refractivity contribution in [3.63, 3.8) is 0 Å². The first-order valence-corrected chi connectivity index (χ1v) is 7.84. The first kappa shape index (κ1) is 17.1. The smallest absolute Gasteiger partial charge is 0.128 e. The second kappa shape index (κ2) is 9.09. The van der Waals surface area contributed by atoms with Gasteiger partial charge in [-0.25, -0.2) is 4.39 Å². The average molecular weight is 280 g/mol. The molecule has 3 heteroatoms. The highest BCUT2D eigenvalue weighted by Crippen LogP contribution is 2.24. The highest BCUT2D eigenvalue weighted by atomic mass is 19.1. The summed E-state index contributed by atoms with van der Waals surface area (Å²) in [7, 11) is 0. The zero-order valence-corrected chi connectivity index (χ0v) is 13.2. The molecule has 0 amide bonds. The van der Waals surface area contributed by atoms with E-state index in [2.05, 4.69) is 18.7 Å². The number of unbranched alkanes of at least 4 members (excludes halogenated alkanes) is 2. The van der Waals surface area contributed by atoms with Crippen molar-refractivity contribution in [3.05, 3.63) is 35.1 Å². The van der Waals surface area contributed by atoms with Crippen molar-refractivity contribution in [1.29, 1.82) is 0 Å². The molecule has 2 nitrogen and oxygen atoms in total. The summed E-state index contributed by atoms with van der Waals surface area (Å²) >= 11 is 0. The standard InChI is InChI=1S/C17H29FN2/c1-4-6-10-20(11-7-5-2)17(13-19)15-12-14(3)8-9-16(15)18/h8-9,12,17H,4-7,10-11,13,19H2,1-3H3. The van der Waals surface area contributed by atoms with Crippen LogP contribution in [-0.4, -0.2) is 24.5 Å². The SMILES string of the molecule is CCCCN(CCCC)C(CN)c1cc(C)ccc1F. The Morgan fingerprint density at radius 1 is 1.15 bits per heavy atom. The maximum absolute atomic E-state index is 14.1. The molecule has 1 unspecified atom stereocenters. The summed E-state index contributed by atoms with van der Waals surface area (Å²) in [5.74, 6) is -0.135. The summed E-state index contributed by atoms with van der Waals surface area (Å²) in [4.78, 5) is 2.35. The largest absolute Gasteiger partial charge is 0.329 e. The molecule has 1 aromatic rings. The van der Waals surface area contributed by atoms with E-state index in [-0.39, 0.29) is 11.9 Å². The summed E-state index contributed by atoms with van der Waals surface area (Å²) in [6.45, 7) is 8.82. The van der Waals surface area contributed by atoms with E-state index >= 15 is 0 Å². The van der Waals surface area contributed by atoms with Gasteiger partial charge in [0.2, 0.25) is 0 Å². The maximum atomic E-state index is 14.1. The quantitative estimate of drug-likeness (QED) is 0.740. The van der Waals surface area contributed by atoms with Gasteiger partial charge in [0.25, 0.3) is 0 Å². The third-order valence-corrected chi connectivity index (χ3v) is 3.77. The number of benzene rings is 1. The van der Waals surface area contributed by atoms with Crippen LogP contribution in [0.1, 0.15) is 56.7 Å². The van der Waals surface area contributed by atoms with Crippen LogP contribution in [0.3, 0.4) is 0 Å². The van der Waals surface area contributed by atoms with Gasteiger partial charge in [-0.1, -0.05) is 44.4 Å². The van der Waals surface area contributed by atoms with Crippen LogP contribution in [0.5, 0.6) is 0 Å². The Labute approximate surface area is 123 Å². The fourth-order valence-electron chi connectivity index (χ4n) is 2.54. The van der Waals surface area contributed by atoms with Crippen molar-refractivity contribution >= 4 is 0 Å². The van der Waals surface area contributed by atoms with Gasteiger partial charge in [-0.05, 0) is 38.9 Å². The van der Waals surface area contributed by atoms with Crippen molar-refractivity contribution < 1.29 is 4.39 Å². The van der Waals surface area contributed by atoms with Gasteiger partial charge in [0.1, 0.15) is 5.82 Å². The Morgan fingerprint density at radius 3 is 2.25 bits per heavy atom. The number of nitrogens with two attached hydrogens (primary N) is 1. The van der Waals surface area contributed by atoms with Crippen LogP contribution in [0.4, 0.5) is 4.39 Å². The minimum atomic E-state index is -0.135. The lowest BCUT2D eigenvalue weighted by Gasteiger charge is -2.31. The third-order valence-electron chi connectivity index (χ3n) is 3.77. The van der Waals surface area contributed by atoms with Crippen LogP contribution in [-0.2, 0) is 0 Å². The fraction of sp³-hybridized carbons (Fsp3) is 0.647. The number of nitrogens with zero attached hydrogens (tertiary/aromatic N) is 1. The predicted octanol–water partition coefficient (Wildman–Crippen LogP) is 4.04. The van der Waals surface area contributed by atoms with Gasteiger partial charge < -0.3 is 5.73 Å². The van der Waals surface area contributed by atoms with E-state index < -0.39 is 0 Å². The predicted molar refractivity (Wildman–Crippen MR) is 84.3 cm³/mol. The molecule has 114 valence electrons. The molecule has 0 aliphatic rings. The van der Waals surface area contributed by atoms with Gasteiger partial charge >= 0.3 is 0 Å². The lowest BCUT2D eigenvalue weighted by molar-refractivity contribution is 0.192. The van der Waals surface area contributed by atoms with E-state index in [4.69, 9.17) is 5.73 Å². The molecular weight excluding hydrogens is 251 g/mol. The Balaban J connectivity index is 2.94. The second-order valence-corrected chi connectivity index (χ2v) is 5.52. The molecule has 0 radical (unpaired) electrons. The molecule has 0 saturated carbocycles. The molecule has 0 aliphatic carbocycles. The van der Waals surface area contributed by atoms with E-state index in [1.54, 1.807) is 6.07 Å². The second-order valence-electron chi connectivity index (χ2n) is 5.52. The summed E-state index contributed by atoms with van der Waals surface area (Å²) in [6.07, 6.45) is 4.56. The van der Waals surface area contributed by atoms with Gasteiger partial charge in [0.15, 0.2) is 0 Å². The number of aryl methyl sites for hydroxylation is 1. The molecule has 0 fully saturated rings. The summed E-state index contributed by atoms with van der Waals surface area (Å²) in [5, 5.41) is 0. The van der Waals surface area contributed by atoms with Gasteiger partial charge in [0.05, 0.1) is 0 Å². The molecule has 0 spiro atoms. The van der Waals surface area contributed by atoms with E-state index in [0.717, 1.165) is 49.9 Å². The van der Waals surface area contributed by atoms with Crippen molar-refractivity contribution in [1.82, 2.24) is 4.90 Å². The lowest BCUT2D eigenvalue weighted by atomic mass is 10.0. The lowest BCUT2D eigenvalue weighted by Crippen LogP contribution is -2.36. The molecule has 0 aromatic heterocycles. The zero-order chi connectivity index (χ0) is 15.0. The number of rotatable bonds is 9. The summed E-state index contributed by atoms with van der Waals surface area (Å²) < 4.78 is 14.1. The maximum Gasteiger partial charge on any atom is 0.128 e. The minimum Gasteiger partial charge on any atom is -0.329 e. The van der Waals surface area contributed by atoms with Crippen LogP contribution in [0.2, 0.25) is 0 Å². The van der Waals surface area contributed by atoms with Gasteiger partial charge in [-0.15, -0.1) is 0 Å². The van der Waals surface area contributed by atoms with Crippen LogP contribution in [0, 0.1) is 12.7 Å². The van der Waals surface area contributed by atoms with E-state index in [1.165, 1.54) is 0 Å². The molecule has 2 N–H and O–H groups in total. The van der Waals surface area contributed by atoms with Gasteiger partial charge in [-0.3, -0.25) is 4.90 Å². The van der Waals surface area contributed by atoms with Crippen molar-refractivity contribution in [3.8, 4) is 0 Å². The van der Waals surface area contributed by atoms with Gasteiger partial charge in [0, 0.05) is 18.2 Å². The monoisotopic (exact) mass is 280 g/mol. The van der Waals surface area contributed by atoms with Crippen molar-refractivity contribution in [2.75, 3.05) is 19.6 Å². The average Bonchev–Trinajstić information content (AvgIpc) is 2.45. The Morgan fingerprint density at radius 2 is 1.75 bits per heavy atom. The molecule has 0 bridgehead atoms. The summed E-state index contributed by atoms with van der Waals surface area (Å²) in [5.41, 5.74) is 7.80. The highest BCUT2D eigenvalue weighted by molar-refractivity contribution is 5.27. The number of halogens is 1. The minimum absolute atomic E-state index is 0.00648. The van der Waals surface area contributed by atoms with Crippen LogP contribution in [0.15, 0.2) is 18.2 Å². The van der Waals surface area contributed by atoms with E-state index in [0.29, 0.717) is 6.54 Å². The van der Waals surface area contributed by atoms with Gasteiger partial charge in [-0.2, -0.15) is 0 Å². The Hall–Kier alpha value is -0.930. The molecule has 0 aliphatic heterocycles. The molecule has 20 heavy (non-hydrogen) atoms. The Kier molecular flexibility index (Phi) is 7.78. The first-order chi connectivity index (χ1) is 9.63. The molecule has 0 saturated heterocycles. The van der Waals surface area contributed by atoms with E-state index in [9.17, 15) is 4.39 Å². The molecule has 1 aromatic carbocycles. The molecule has 0 heterocycles. The third kappa shape index (κ3) is 4.88. The van der Waals surface area contributed by atoms with Crippen LogP contribution in [0.25, 0.3) is 0 Å². The highest BCUT2D eigenvalue weighted by Gasteiger charge is 2.21. The topological polar surface area (TPSA) is 29.3 Å². The molecule has 1 atom stereocenters. The Bertz CT molecular complexity index is 385. The number of hydrogen-bond donors (Lipinski definition) is 1. The van der Waals surface area contributed by atoms with E-state index in [1.807, 2.05) is 19.1 Å². The van der Waals surface area contributed by atoms with Crippen LogP contribution < -0.4 is 5.73 Å².